The Morgan fingerprint density at radius 3 is 2.46 bits per heavy atom. The second-order valence-electron chi connectivity index (χ2n) is 6.19. The molecule has 0 unspecified atom stereocenters. The number of aryl methyl sites for hydroxylation is 1. The third-order valence-electron chi connectivity index (χ3n) is 4.16. The van der Waals surface area contributed by atoms with Gasteiger partial charge in [0.25, 0.3) is 5.91 Å². The molecule has 0 aliphatic rings. The first-order chi connectivity index (χ1) is 13.5. The molecule has 1 amide bonds. The number of nitrogens with zero attached hydrogens (tertiary/aromatic N) is 1. The zero-order valence-corrected chi connectivity index (χ0v) is 17.0. The highest BCUT2D eigenvalue weighted by Gasteiger charge is 2.31. The predicted molar refractivity (Wildman–Crippen MR) is 111 cm³/mol. The molecule has 1 N–H and O–H groups in total. The molecular weight excluding hydrogens is 375 g/mol. The highest BCUT2D eigenvalue weighted by atomic mass is 31.2. The molecule has 0 fully saturated rings. The van der Waals surface area contributed by atoms with E-state index in [-0.39, 0.29) is 30.2 Å². The van der Waals surface area contributed by atoms with Gasteiger partial charge in [-0.3, -0.25) is 9.36 Å². The fourth-order valence-corrected chi connectivity index (χ4v) is 4.74. The summed E-state index contributed by atoms with van der Waals surface area (Å²) in [4.78, 5) is 17.3. The summed E-state index contributed by atoms with van der Waals surface area (Å²) < 4.78 is 24.2. The van der Waals surface area contributed by atoms with Crippen molar-refractivity contribution in [3.63, 3.8) is 0 Å². The van der Waals surface area contributed by atoms with Gasteiger partial charge >= 0.3 is 7.60 Å². The van der Waals surface area contributed by atoms with Crippen molar-refractivity contribution in [3.8, 4) is 0 Å². The van der Waals surface area contributed by atoms with Crippen LogP contribution in [-0.2, 0) is 13.6 Å². The van der Waals surface area contributed by atoms with Crippen LogP contribution in [0.4, 0.5) is 5.82 Å². The van der Waals surface area contributed by atoms with Crippen molar-refractivity contribution >= 4 is 35.4 Å². The summed E-state index contributed by atoms with van der Waals surface area (Å²) >= 11 is 0. The quantitative estimate of drug-likeness (QED) is 0.585. The van der Waals surface area contributed by atoms with Crippen molar-refractivity contribution in [2.45, 2.75) is 20.8 Å². The molecule has 0 saturated heterocycles. The van der Waals surface area contributed by atoms with Gasteiger partial charge in [0.15, 0.2) is 0 Å². The van der Waals surface area contributed by atoms with Crippen molar-refractivity contribution in [1.29, 1.82) is 0 Å². The van der Waals surface area contributed by atoms with E-state index in [0.29, 0.717) is 5.56 Å². The second-order valence-corrected chi connectivity index (χ2v) is 8.19. The molecular formula is C21H23N2O4P. The third kappa shape index (κ3) is 4.14. The van der Waals surface area contributed by atoms with Crippen molar-refractivity contribution in [3.05, 3.63) is 65.9 Å². The van der Waals surface area contributed by atoms with E-state index in [9.17, 15) is 9.36 Å². The number of aromatic nitrogens is 1. The summed E-state index contributed by atoms with van der Waals surface area (Å²) in [5, 5.41) is 4.83. The average molecular weight is 398 g/mol. The Bertz CT molecular complexity index is 1040. The molecule has 0 bridgehead atoms. The molecule has 3 aromatic rings. The zero-order valence-electron chi connectivity index (χ0n) is 16.1. The summed E-state index contributed by atoms with van der Waals surface area (Å²) in [6, 6.07) is 14.8. The smallest absolute Gasteiger partial charge is 0.306 e. The van der Waals surface area contributed by atoms with E-state index in [1.54, 1.807) is 32.2 Å². The minimum atomic E-state index is -3.61. The van der Waals surface area contributed by atoms with Gasteiger partial charge < -0.3 is 14.4 Å². The molecule has 0 saturated carbocycles. The van der Waals surface area contributed by atoms with Crippen LogP contribution < -0.4 is 10.6 Å². The maximum atomic E-state index is 13.3. The second kappa shape index (κ2) is 8.65. The summed E-state index contributed by atoms with van der Waals surface area (Å²) in [7, 11) is -3.61. The van der Waals surface area contributed by atoms with E-state index in [0.717, 1.165) is 16.3 Å². The Morgan fingerprint density at radius 2 is 1.75 bits per heavy atom. The molecule has 3 rings (SSSR count). The molecule has 28 heavy (non-hydrogen) atoms. The van der Waals surface area contributed by atoms with Crippen LogP contribution in [0.2, 0.25) is 0 Å². The van der Waals surface area contributed by atoms with Gasteiger partial charge in [-0.15, -0.1) is 0 Å². The van der Waals surface area contributed by atoms with Crippen LogP contribution in [0.1, 0.15) is 29.8 Å². The molecule has 0 aliphatic heterocycles. The first kappa shape index (κ1) is 20.2. The lowest BCUT2D eigenvalue weighted by Crippen LogP contribution is -2.22. The van der Waals surface area contributed by atoms with Crippen LogP contribution in [0.25, 0.3) is 10.8 Å². The Balaban J connectivity index is 2.02. The fourth-order valence-electron chi connectivity index (χ4n) is 2.97. The molecule has 7 heteroatoms. The van der Waals surface area contributed by atoms with Crippen molar-refractivity contribution < 1.29 is 18.4 Å². The van der Waals surface area contributed by atoms with E-state index in [2.05, 4.69) is 10.3 Å². The lowest BCUT2D eigenvalue weighted by atomic mass is 10.0. The average Bonchev–Trinajstić information content (AvgIpc) is 2.69. The third-order valence-corrected chi connectivity index (χ3v) is 6.29. The number of benzene rings is 2. The summed E-state index contributed by atoms with van der Waals surface area (Å²) in [6.07, 6.45) is 1.60. The number of carbonyl (C=O) groups excluding carboxylic acids is 1. The highest BCUT2D eigenvalue weighted by Crippen LogP contribution is 2.48. The van der Waals surface area contributed by atoms with Crippen LogP contribution in [-0.4, -0.2) is 24.1 Å². The van der Waals surface area contributed by atoms with Crippen LogP contribution in [0, 0.1) is 6.92 Å². The summed E-state index contributed by atoms with van der Waals surface area (Å²) in [5.74, 6) is -0.164. The molecule has 0 atom stereocenters. The zero-order chi connectivity index (χ0) is 20.1. The Labute approximate surface area is 164 Å². The lowest BCUT2D eigenvalue weighted by Gasteiger charge is -2.20. The fraction of sp³-hybridized carbons (Fsp3) is 0.238. The molecule has 0 aliphatic carbocycles. The summed E-state index contributed by atoms with van der Waals surface area (Å²) in [6.45, 7) is 5.73. The first-order valence-electron chi connectivity index (χ1n) is 9.14. The maximum Gasteiger partial charge on any atom is 0.365 e. The van der Waals surface area contributed by atoms with E-state index in [1.807, 2.05) is 43.3 Å². The lowest BCUT2D eigenvalue weighted by molar-refractivity contribution is 0.102. The number of hydrogen-bond donors (Lipinski definition) is 1. The number of rotatable bonds is 7. The minimum Gasteiger partial charge on any atom is -0.306 e. The monoisotopic (exact) mass is 398 g/mol. The van der Waals surface area contributed by atoms with Crippen LogP contribution in [0.15, 0.2) is 54.7 Å². The van der Waals surface area contributed by atoms with Gasteiger partial charge in [0.1, 0.15) is 11.1 Å². The summed E-state index contributed by atoms with van der Waals surface area (Å²) in [5.41, 5.74) is 1.30. The van der Waals surface area contributed by atoms with Gasteiger partial charge in [0.2, 0.25) is 0 Å². The van der Waals surface area contributed by atoms with Gasteiger partial charge in [-0.05, 0) is 49.2 Å². The van der Waals surface area contributed by atoms with Gasteiger partial charge in [0.05, 0.1) is 13.2 Å². The topological polar surface area (TPSA) is 77.5 Å². The standard InChI is InChI=1S/C21H23N2O4P/c1-4-26-28(25,27-5-2)19-13-15(3)14-22-20(19)23-21(24)18-12-8-10-16-9-6-7-11-17(16)18/h6-14H,4-5H2,1-3H3,(H,22,23,24). The Kier molecular flexibility index (Phi) is 6.25. The molecule has 1 heterocycles. The van der Waals surface area contributed by atoms with E-state index in [1.165, 1.54) is 0 Å². The number of pyridine rings is 1. The van der Waals surface area contributed by atoms with Gasteiger partial charge in [0, 0.05) is 11.8 Å². The normalized spacial score (nSPS) is 11.5. The molecule has 0 radical (unpaired) electrons. The number of carbonyl (C=O) groups is 1. The van der Waals surface area contributed by atoms with Gasteiger partial charge in [-0.1, -0.05) is 36.4 Å². The van der Waals surface area contributed by atoms with Crippen LogP contribution >= 0.6 is 7.60 Å². The minimum absolute atomic E-state index is 0.175. The molecule has 2 aromatic carbocycles. The Hall–Kier alpha value is -2.53. The van der Waals surface area contributed by atoms with E-state index < -0.39 is 7.60 Å². The molecule has 6 nitrogen and oxygen atoms in total. The number of fused-ring (bicyclic) bond motifs is 1. The van der Waals surface area contributed by atoms with E-state index >= 15 is 0 Å². The Morgan fingerprint density at radius 1 is 1.07 bits per heavy atom. The predicted octanol–water partition coefficient (Wildman–Crippen LogP) is 4.69. The number of nitrogens with one attached hydrogen (secondary N) is 1. The SMILES string of the molecule is CCOP(=O)(OCC)c1cc(C)cnc1NC(=O)c1cccc2ccccc12. The van der Waals surface area contributed by atoms with E-state index in [4.69, 9.17) is 9.05 Å². The van der Waals surface area contributed by atoms with Crippen molar-refractivity contribution in [2.75, 3.05) is 18.5 Å². The number of anilines is 1. The van der Waals surface area contributed by atoms with Gasteiger partial charge in [-0.25, -0.2) is 4.98 Å². The van der Waals surface area contributed by atoms with Crippen molar-refractivity contribution in [2.24, 2.45) is 0 Å². The molecule has 1 aromatic heterocycles. The molecule has 146 valence electrons. The first-order valence-corrected chi connectivity index (χ1v) is 10.7. The largest absolute Gasteiger partial charge is 0.365 e. The van der Waals surface area contributed by atoms with Crippen LogP contribution in [0.3, 0.4) is 0 Å². The van der Waals surface area contributed by atoms with Crippen LogP contribution in [0.5, 0.6) is 0 Å². The highest BCUT2D eigenvalue weighted by molar-refractivity contribution is 7.62. The number of hydrogen-bond acceptors (Lipinski definition) is 5. The van der Waals surface area contributed by atoms with Gasteiger partial charge in [-0.2, -0.15) is 0 Å². The number of amides is 1. The van der Waals surface area contributed by atoms with Crippen molar-refractivity contribution in [1.82, 2.24) is 4.98 Å². The molecule has 0 spiro atoms. The maximum absolute atomic E-state index is 13.3.